The van der Waals surface area contributed by atoms with Gasteiger partial charge < -0.3 is 26.2 Å². The molecule has 3 rings (SSSR count). The van der Waals surface area contributed by atoms with Crippen LogP contribution in [0, 0.1) is 11.8 Å². The van der Waals surface area contributed by atoms with Crippen molar-refractivity contribution in [3.05, 3.63) is 95.6 Å². The number of aliphatic carboxylic acids is 2. The van der Waals surface area contributed by atoms with Gasteiger partial charge in [0.15, 0.2) is 0 Å². The lowest BCUT2D eigenvalue weighted by atomic mass is 9.82. The van der Waals surface area contributed by atoms with Gasteiger partial charge in [-0.05, 0) is 48.2 Å². The van der Waals surface area contributed by atoms with E-state index in [2.05, 4.69) is 31.3 Å². The first-order valence-electron chi connectivity index (χ1n) is 13.7. The summed E-state index contributed by atoms with van der Waals surface area (Å²) in [5, 5.41) is 19.7. The minimum atomic E-state index is -1.10. The van der Waals surface area contributed by atoms with E-state index >= 15 is 0 Å². The van der Waals surface area contributed by atoms with Gasteiger partial charge in [-0.25, -0.2) is 0 Å². The highest BCUT2D eigenvalue weighted by molar-refractivity contribution is 5.80. The summed E-state index contributed by atoms with van der Waals surface area (Å²) >= 11 is 0. The summed E-state index contributed by atoms with van der Waals surface area (Å²) in [6, 6.07) is 25.4. The molecule has 6 N–H and O–H groups in total. The fourth-order valence-electron chi connectivity index (χ4n) is 5.22. The van der Waals surface area contributed by atoms with E-state index in [1.807, 2.05) is 54.6 Å². The summed E-state index contributed by atoms with van der Waals surface area (Å²) in [7, 11) is 2.26. The number of hydrogen-bond acceptors (Lipinski definition) is 4. The van der Waals surface area contributed by atoms with Crippen LogP contribution >= 0.6 is 0 Å². The van der Waals surface area contributed by atoms with Gasteiger partial charge in [0.1, 0.15) is 6.54 Å². The topological polar surface area (TPSA) is 127 Å². The van der Waals surface area contributed by atoms with Crippen LogP contribution in [0.4, 0.5) is 0 Å². The summed E-state index contributed by atoms with van der Waals surface area (Å²) < 4.78 is 0.912. The number of rotatable bonds is 16. The van der Waals surface area contributed by atoms with Crippen LogP contribution < -0.4 is 11.5 Å². The average Bonchev–Trinajstić information content (AvgIpc) is 2.94. The van der Waals surface area contributed by atoms with Crippen LogP contribution in [0.5, 0.6) is 0 Å². The first kappa shape index (κ1) is 30.0. The molecule has 7 nitrogen and oxygen atoms in total. The lowest BCUT2D eigenvalue weighted by Crippen LogP contribution is -2.45. The molecule has 208 valence electrons. The number of benzene rings is 3. The molecule has 39 heavy (non-hydrogen) atoms. The van der Waals surface area contributed by atoms with Crippen LogP contribution in [0.3, 0.4) is 0 Å². The summed E-state index contributed by atoms with van der Waals surface area (Å²) in [5.41, 5.74) is 16.5. The molecule has 0 radical (unpaired) electrons. The third-order valence-corrected chi connectivity index (χ3v) is 7.48. The predicted octanol–water partition coefficient (Wildman–Crippen LogP) is 4.18. The van der Waals surface area contributed by atoms with Crippen molar-refractivity contribution in [1.29, 1.82) is 0 Å². The van der Waals surface area contributed by atoms with Gasteiger partial charge in [0.25, 0.3) is 0 Å². The van der Waals surface area contributed by atoms with Crippen LogP contribution in [0.25, 0.3) is 11.1 Å². The zero-order valence-electron chi connectivity index (χ0n) is 22.8. The molecule has 0 aliphatic heterocycles. The molecule has 3 aromatic rings. The SMILES string of the molecule is C[N+](CCCN)(CCCN)Cc1ccc(-c2ccc(C[C@H](C(=O)O)[C@H](Cc3ccccc3)C(=O)O)cc2)cc1. The molecular weight excluding hydrogens is 490 g/mol. The normalized spacial score (nSPS) is 13.1. The smallest absolute Gasteiger partial charge is 0.307 e. The highest BCUT2D eigenvalue weighted by atomic mass is 16.4. The number of carbonyl (C=O) groups is 2. The van der Waals surface area contributed by atoms with E-state index < -0.39 is 23.8 Å². The number of nitrogens with two attached hydrogens (primary N) is 2. The Bertz CT molecular complexity index is 1170. The molecule has 0 heterocycles. The fourth-order valence-corrected chi connectivity index (χ4v) is 5.22. The summed E-state index contributed by atoms with van der Waals surface area (Å²) in [5.74, 6) is -4.24. The monoisotopic (exact) mass is 532 g/mol. The van der Waals surface area contributed by atoms with Gasteiger partial charge in [0, 0.05) is 18.4 Å². The van der Waals surface area contributed by atoms with Gasteiger partial charge in [-0.1, -0.05) is 78.9 Å². The summed E-state index contributed by atoms with van der Waals surface area (Å²) in [4.78, 5) is 24.1. The van der Waals surface area contributed by atoms with E-state index in [0.717, 1.165) is 59.2 Å². The maximum absolute atomic E-state index is 12.1. The third kappa shape index (κ3) is 9.03. The van der Waals surface area contributed by atoms with Crippen molar-refractivity contribution in [1.82, 2.24) is 0 Å². The van der Waals surface area contributed by atoms with Crippen LogP contribution in [0.15, 0.2) is 78.9 Å². The Morgan fingerprint density at radius 2 is 1.08 bits per heavy atom. The van der Waals surface area contributed by atoms with Crippen LogP contribution in [-0.4, -0.2) is 59.9 Å². The molecule has 0 unspecified atom stereocenters. The van der Waals surface area contributed by atoms with E-state index in [0.29, 0.717) is 13.1 Å². The Balaban J connectivity index is 1.70. The van der Waals surface area contributed by atoms with Crippen molar-refractivity contribution in [2.45, 2.75) is 32.2 Å². The first-order valence-corrected chi connectivity index (χ1v) is 13.7. The number of hydrogen-bond donors (Lipinski definition) is 4. The molecule has 3 aromatic carbocycles. The Morgan fingerprint density at radius 1 is 0.667 bits per heavy atom. The first-order chi connectivity index (χ1) is 18.7. The minimum Gasteiger partial charge on any atom is -0.481 e. The quantitative estimate of drug-likeness (QED) is 0.205. The molecule has 2 atom stereocenters. The Labute approximate surface area is 231 Å². The average molecular weight is 533 g/mol. The summed E-state index contributed by atoms with van der Waals surface area (Å²) in [6.07, 6.45) is 2.29. The van der Waals surface area contributed by atoms with Crippen molar-refractivity contribution < 1.29 is 24.3 Å². The van der Waals surface area contributed by atoms with E-state index in [-0.39, 0.29) is 12.8 Å². The zero-order chi connectivity index (χ0) is 28.3. The van der Waals surface area contributed by atoms with Gasteiger partial charge in [-0.3, -0.25) is 9.59 Å². The van der Waals surface area contributed by atoms with Crippen LogP contribution in [0.2, 0.25) is 0 Å². The fraction of sp³-hybridized carbons (Fsp3) is 0.375. The van der Waals surface area contributed by atoms with Gasteiger partial charge in [-0.15, -0.1) is 0 Å². The van der Waals surface area contributed by atoms with E-state index in [1.165, 1.54) is 5.56 Å². The zero-order valence-corrected chi connectivity index (χ0v) is 22.8. The van der Waals surface area contributed by atoms with Crippen molar-refractivity contribution >= 4 is 11.9 Å². The van der Waals surface area contributed by atoms with E-state index in [1.54, 1.807) is 0 Å². The molecule has 0 aliphatic carbocycles. The molecule has 0 saturated heterocycles. The molecule has 0 spiro atoms. The largest absolute Gasteiger partial charge is 0.481 e. The number of carboxylic acid groups (broad SMARTS) is 2. The van der Waals surface area contributed by atoms with Crippen molar-refractivity contribution in [2.75, 3.05) is 33.2 Å². The van der Waals surface area contributed by atoms with E-state index in [4.69, 9.17) is 11.5 Å². The maximum Gasteiger partial charge on any atom is 0.307 e. The number of carboxylic acids is 2. The van der Waals surface area contributed by atoms with Gasteiger partial charge in [-0.2, -0.15) is 0 Å². The molecule has 7 heteroatoms. The lowest BCUT2D eigenvalue weighted by molar-refractivity contribution is -0.922. The maximum atomic E-state index is 12.1. The van der Waals surface area contributed by atoms with Gasteiger partial charge in [0.05, 0.1) is 32.0 Å². The molecule has 0 saturated carbocycles. The highest BCUT2D eigenvalue weighted by Gasteiger charge is 2.34. The second-order valence-electron chi connectivity index (χ2n) is 10.7. The van der Waals surface area contributed by atoms with Crippen LogP contribution in [-0.2, 0) is 29.0 Å². The number of nitrogens with zero attached hydrogens (tertiary/aromatic N) is 1. The van der Waals surface area contributed by atoms with Crippen molar-refractivity contribution in [3.63, 3.8) is 0 Å². The van der Waals surface area contributed by atoms with E-state index in [9.17, 15) is 19.8 Å². The molecule has 0 bridgehead atoms. The summed E-state index contributed by atoms with van der Waals surface area (Å²) in [6.45, 7) is 4.32. The lowest BCUT2D eigenvalue weighted by Gasteiger charge is -2.35. The van der Waals surface area contributed by atoms with Crippen LogP contribution in [0.1, 0.15) is 29.5 Å². The predicted molar refractivity (Wildman–Crippen MR) is 155 cm³/mol. The Hall–Kier alpha value is -3.52. The molecule has 0 aliphatic rings. The van der Waals surface area contributed by atoms with Crippen molar-refractivity contribution in [2.24, 2.45) is 23.3 Å². The standard InChI is InChI=1S/C32H41N3O4/c1-35(19-5-17-33,20-6-18-34)23-26-11-15-28(16-12-26)27-13-9-25(10-14-27)22-30(32(38)39)29(31(36)37)21-24-7-3-2-4-8-24/h2-4,7-16,29-30H,5-6,17-23,33-34H2,1H3,(H-,36,37,38,39)/p+1/t29-,30-/m0/s1. The minimum absolute atomic E-state index is 0.153. The number of quaternary nitrogens is 1. The van der Waals surface area contributed by atoms with Crippen molar-refractivity contribution in [3.8, 4) is 11.1 Å². The molecule has 0 aromatic heterocycles. The molecular formula is C32H42N3O4+. The van der Waals surface area contributed by atoms with Gasteiger partial charge >= 0.3 is 11.9 Å². The second kappa shape index (κ2) is 14.6. The van der Waals surface area contributed by atoms with Gasteiger partial charge in [0.2, 0.25) is 0 Å². The highest BCUT2D eigenvalue weighted by Crippen LogP contribution is 2.26. The molecule has 0 amide bonds. The molecule has 0 fully saturated rings. The second-order valence-corrected chi connectivity index (χ2v) is 10.7. The Morgan fingerprint density at radius 3 is 1.49 bits per heavy atom. The third-order valence-electron chi connectivity index (χ3n) is 7.48. The Kier molecular flexibility index (Phi) is 11.2.